The normalized spacial score (nSPS) is 25.1. The third kappa shape index (κ3) is 9.53. The van der Waals surface area contributed by atoms with Gasteiger partial charge in [-0.2, -0.15) is 0 Å². The Balaban J connectivity index is 0.00000289. The van der Waals surface area contributed by atoms with Gasteiger partial charge in [0.2, 0.25) is 0 Å². The van der Waals surface area contributed by atoms with Gasteiger partial charge in [0.15, 0.2) is 0 Å². The zero-order valence-electron chi connectivity index (χ0n) is 21.9. The van der Waals surface area contributed by atoms with E-state index in [1.54, 1.807) is 5.57 Å². The van der Waals surface area contributed by atoms with Crippen molar-refractivity contribution < 1.29 is 9.53 Å². The third-order valence-corrected chi connectivity index (χ3v) is 6.79. The molecule has 2 saturated carbocycles. The molecule has 0 aliphatic heterocycles. The average Bonchev–Trinajstić information content (AvgIpc) is 3.50. The summed E-state index contributed by atoms with van der Waals surface area (Å²) in [5.41, 5.74) is 1.95. The third-order valence-electron chi connectivity index (χ3n) is 6.79. The minimum atomic E-state index is -0.509. The summed E-state index contributed by atoms with van der Waals surface area (Å²) in [6.45, 7) is 12.7. The molecular formula is C28H46Cl2N2O2. The molecule has 2 aliphatic carbocycles. The van der Waals surface area contributed by atoms with Crippen LogP contribution in [-0.4, -0.2) is 36.2 Å². The molecule has 34 heavy (non-hydrogen) atoms. The van der Waals surface area contributed by atoms with Crippen molar-refractivity contribution in [1.82, 2.24) is 10.6 Å². The number of nitrogens with one attached hydrogen (secondary N) is 2. The van der Waals surface area contributed by atoms with Crippen LogP contribution in [0, 0.1) is 11.3 Å². The Bertz CT molecular complexity index is 781. The van der Waals surface area contributed by atoms with Crippen LogP contribution in [0.2, 0.25) is 0 Å². The van der Waals surface area contributed by atoms with Gasteiger partial charge in [-0.3, -0.25) is 4.79 Å². The summed E-state index contributed by atoms with van der Waals surface area (Å²) >= 11 is 0. The van der Waals surface area contributed by atoms with Gasteiger partial charge in [0, 0.05) is 24.7 Å². The van der Waals surface area contributed by atoms with Gasteiger partial charge < -0.3 is 15.4 Å². The van der Waals surface area contributed by atoms with E-state index in [0.29, 0.717) is 30.6 Å². The van der Waals surface area contributed by atoms with Gasteiger partial charge in [-0.15, -0.1) is 24.8 Å². The van der Waals surface area contributed by atoms with Crippen molar-refractivity contribution >= 4 is 36.9 Å². The van der Waals surface area contributed by atoms with Crippen molar-refractivity contribution in [2.24, 2.45) is 11.3 Å². The van der Waals surface area contributed by atoms with Gasteiger partial charge in [0.25, 0.3) is 0 Å². The summed E-state index contributed by atoms with van der Waals surface area (Å²) in [5, 5.41) is 7.58. The summed E-state index contributed by atoms with van der Waals surface area (Å²) in [4.78, 5) is 12.5. The van der Waals surface area contributed by atoms with Gasteiger partial charge in [-0.05, 0) is 84.6 Å². The van der Waals surface area contributed by atoms with E-state index in [2.05, 4.69) is 54.0 Å². The van der Waals surface area contributed by atoms with E-state index >= 15 is 0 Å². The fourth-order valence-corrected chi connectivity index (χ4v) is 4.68. The molecular weight excluding hydrogens is 467 g/mol. The van der Waals surface area contributed by atoms with E-state index in [-0.39, 0.29) is 30.8 Å². The SMILES string of the molecule is CCC(=Cc1ccccc1)C1CC1NC1CCC(NCC(C)(C)C(=O)OC(C)(C)C)CC1.Cl.Cl. The highest BCUT2D eigenvalue weighted by atomic mass is 35.5. The summed E-state index contributed by atoms with van der Waals surface area (Å²) < 4.78 is 5.59. The lowest BCUT2D eigenvalue weighted by Gasteiger charge is -2.33. The van der Waals surface area contributed by atoms with E-state index < -0.39 is 11.0 Å². The topological polar surface area (TPSA) is 50.4 Å². The van der Waals surface area contributed by atoms with Crippen LogP contribution in [-0.2, 0) is 9.53 Å². The first-order valence-corrected chi connectivity index (χ1v) is 12.6. The van der Waals surface area contributed by atoms with Crippen molar-refractivity contribution in [1.29, 1.82) is 0 Å². The highest BCUT2D eigenvalue weighted by Crippen LogP contribution is 2.40. The fourth-order valence-electron chi connectivity index (χ4n) is 4.68. The molecule has 194 valence electrons. The molecule has 3 rings (SSSR count). The Kier molecular flexibility index (Phi) is 12.1. The molecule has 0 heterocycles. The maximum Gasteiger partial charge on any atom is 0.313 e. The first-order chi connectivity index (χ1) is 15.1. The van der Waals surface area contributed by atoms with Crippen LogP contribution >= 0.6 is 24.8 Å². The number of ether oxygens (including phenoxy) is 1. The van der Waals surface area contributed by atoms with Crippen molar-refractivity contribution in [3.8, 4) is 0 Å². The Labute approximate surface area is 219 Å². The van der Waals surface area contributed by atoms with Crippen LogP contribution in [0.25, 0.3) is 6.08 Å². The zero-order valence-corrected chi connectivity index (χ0v) is 23.5. The molecule has 2 atom stereocenters. The number of rotatable bonds is 9. The first kappa shape index (κ1) is 31.0. The summed E-state index contributed by atoms with van der Waals surface area (Å²) in [5.74, 6) is 0.577. The monoisotopic (exact) mass is 512 g/mol. The highest BCUT2D eigenvalue weighted by Gasteiger charge is 2.40. The second-order valence-corrected chi connectivity index (χ2v) is 11.4. The number of benzene rings is 1. The second-order valence-electron chi connectivity index (χ2n) is 11.4. The van der Waals surface area contributed by atoms with Crippen molar-refractivity contribution in [2.75, 3.05) is 6.54 Å². The number of hydrogen-bond acceptors (Lipinski definition) is 4. The molecule has 0 saturated heterocycles. The lowest BCUT2D eigenvalue weighted by molar-refractivity contribution is -0.165. The van der Waals surface area contributed by atoms with Gasteiger partial charge in [0.05, 0.1) is 5.41 Å². The largest absolute Gasteiger partial charge is 0.460 e. The molecule has 0 amide bonds. The molecule has 2 aliphatic rings. The van der Waals surface area contributed by atoms with Gasteiger partial charge >= 0.3 is 5.97 Å². The lowest BCUT2D eigenvalue weighted by atomic mass is 9.88. The molecule has 2 unspecified atom stereocenters. The van der Waals surface area contributed by atoms with Crippen LogP contribution in [0.3, 0.4) is 0 Å². The number of halogens is 2. The molecule has 0 spiro atoms. The molecule has 1 aromatic carbocycles. The Morgan fingerprint density at radius 1 is 1.00 bits per heavy atom. The molecule has 0 radical (unpaired) electrons. The van der Waals surface area contributed by atoms with Crippen LogP contribution in [0.4, 0.5) is 0 Å². The van der Waals surface area contributed by atoms with Crippen LogP contribution < -0.4 is 10.6 Å². The standard InChI is InChI=1S/C28H44N2O2.2ClH/c1-7-21(17-20-11-9-8-10-12-20)24-18-25(24)30-23-15-13-22(14-16-23)29-19-28(5,6)26(31)32-27(2,3)4;;/h8-12,17,22-25,29-30H,7,13-16,18-19H2,1-6H3;2*1H. The molecule has 0 bridgehead atoms. The average molecular weight is 514 g/mol. The first-order valence-electron chi connectivity index (χ1n) is 12.6. The van der Waals surface area contributed by atoms with Crippen molar-refractivity contribution in [3.63, 3.8) is 0 Å². The molecule has 2 N–H and O–H groups in total. The predicted octanol–water partition coefficient (Wildman–Crippen LogP) is 6.57. The van der Waals surface area contributed by atoms with Gasteiger partial charge in [-0.1, -0.05) is 48.9 Å². The fraction of sp³-hybridized carbons (Fsp3) is 0.679. The zero-order chi connectivity index (χ0) is 23.4. The maximum absolute atomic E-state index is 12.5. The van der Waals surface area contributed by atoms with Gasteiger partial charge in [0.1, 0.15) is 5.60 Å². The predicted molar refractivity (Wildman–Crippen MR) is 148 cm³/mol. The van der Waals surface area contributed by atoms with Crippen LogP contribution in [0.5, 0.6) is 0 Å². The van der Waals surface area contributed by atoms with E-state index in [1.807, 2.05) is 34.6 Å². The maximum atomic E-state index is 12.5. The smallest absolute Gasteiger partial charge is 0.313 e. The number of esters is 1. The van der Waals surface area contributed by atoms with Crippen LogP contribution in [0.1, 0.15) is 85.6 Å². The van der Waals surface area contributed by atoms with E-state index in [4.69, 9.17) is 4.74 Å². The number of hydrogen-bond donors (Lipinski definition) is 2. The van der Waals surface area contributed by atoms with Crippen molar-refractivity contribution in [2.45, 2.75) is 104 Å². The summed E-state index contributed by atoms with van der Waals surface area (Å²) in [6.07, 6.45) is 9.53. The number of carbonyl (C=O) groups excluding carboxylic acids is 1. The van der Waals surface area contributed by atoms with Crippen LogP contribution in [0.15, 0.2) is 35.9 Å². The van der Waals surface area contributed by atoms with Crippen molar-refractivity contribution in [3.05, 3.63) is 41.5 Å². The second kappa shape index (κ2) is 13.3. The summed E-state index contributed by atoms with van der Waals surface area (Å²) in [6, 6.07) is 12.5. The molecule has 0 aromatic heterocycles. The molecule has 2 fully saturated rings. The minimum Gasteiger partial charge on any atom is -0.460 e. The Morgan fingerprint density at radius 3 is 2.15 bits per heavy atom. The highest BCUT2D eigenvalue weighted by molar-refractivity contribution is 5.85. The van der Waals surface area contributed by atoms with E-state index in [9.17, 15) is 4.79 Å². The molecule has 1 aromatic rings. The Morgan fingerprint density at radius 2 is 1.59 bits per heavy atom. The lowest BCUT2D eigenvalue weighted by Crippen LogP contribution is -2.46. The van der Waals surface area contributed by atoms with E-state index in [0.717, 1.165) is 6.42 Å². The Hall–Kier alpha value is -1.07. The quantitative estimate of drug-likeness (QED) is 0.367. The number of carbonyl (C=O) groups is 1. The minimum absolute atomic E-state index is 0. The molecule has 6 heteroatoms. The molecule has 4 nitrogen and oxygen atoms in total. The van der Waals surface area contributed by atoms with Gasteiger partial charge in [-0.25, -0.2) is 0 Å². The summed E-state index contributed by atoms with van der Waals surface area (Å²) in [7, 11) is 0. The van der Waals surface area contributed by atoms with E-state index in [1.165, 1.54) is 37.7 Å².